The normalized spacial score (nSPS) is 32.1. The summed E-state index contributed by atoms with van der Waals surface area (Å²) in [4.78, 5) is 0. The van der Waals surface area contributed by atoms with E-state index in [1.807, 2.05) is 32.1 Å². The molecule has 0 radical (unpaired) electrons. The van der Waals surface area contributed by atoms with E-state index in [0.29, 0.717) is 0 Å². The lowest BCUT2D eigenvalue weighted by molar-refractivity contribution is 0.135. The molecule has 0 aromatic carbocycles. The summed E-state index contributed by atoms with van der Waals surface area (Å²) in [6, 6.07) is 0. The van der Waals surface area contributed by atoms with Crippen LogP contribution in [0.1, 0.15) is 26.7 Å². The summed E-state index contributed by atoms with van der Waals surface area (Å²) in [6.45, 7) is 4.03. The molecule has 0 aromatic rings. The van der Waals surface area contributed by atoms with Crippen LogP contribution in [0.2, 0.25) is 0 Å². The van der Waals surface area contributed by atoms with Crippen LogP contribution < -0.4 is 0 Å². The second-order valence-corrected chi connectivity index (χ2v) is 2.94. The number of aliphatic hydroxyl groups is 1. The topological polar surface area (TPSA) is 20.2 Å². The molecule has 0 amide bonds. The number of rotatable bonds is 1. The van der Waals surface area contributed by atoms with Crippen molar-refractivity contribution >= 4 is 0 Å². The van der Waals surface area contributed by atoms with Gasteiger partial charge in [-0.05, 0) is 19.8 Å². The predicted octanol–water partition coefficient (Wildman–Crippen LogP) is 2.03. The molecule has 0 fully saturated rings. The number of hydrogen-bond donors (Lipinski definition) is 1. The van der Waals surface area contributed by atoms with Crippen LogP contribution >= 0.6 is 0 Å². The van der Waals surface area contributed by atoms with E-state index in [0.717, 1.165) is 12.8 Å². The standard InChI is InChI=1S/C9H14O/c1-3-9(10)6-4-5-8(2)7-9/h4,6-7,10H,3,5H2,1-2H3. The highest BCUT2D eigenvalue weighted by molar-refractivity contribution is 5.24. The number of hydrogen-bond acceptors (Lipinski definition) is 1. The third-order valence-corrected chi connectivity index (χ3v) is 1.91. The van der Waals surface area contributed by atoms with Crippen molar-refractivity contribution < 1.29 is 5.11 Å². The van der Waals surface area contributed by atoms with E-state index in [1.165, 1.54) is 5.57 Å². The zero-order valence-electron chi connectivity index (χ0n) is 6.59. The first-order valence-corrected chi connectivity index (χ1v) is 3.75. The van der Waals surface area contributed by atoms with Gasteiger partial charge in [-0.25, -0.2) is 0 Å². The van der Waals surface area contributed by atoms with Gasteiger partial charge >= 0.3 is 0 Å². The molecule has 56 valence electrons. The van der Waals surface area contributed by atoms with Gasteiger partial charge in [0.2, 0.25) is 0 Å². The van der Waals surface area contributed by atoms with Gasteiger partial charge in [0.25, 0.3) is 0 Å². The SMILES string of the molecule is CCC1(O)C=CCC(C)=C1. The quantitative estimate of drug-likeness (QED) is 0.550. The summed E-state index contributed by atoms with van der Waals surface area (Å²) in [5.74, 6) is 0. The second kappa shape index (κ2) is 2.59. The van der Waals surface area contributed by atoms with Crippen LogP contribution in [0, 0.1) is 0 Å². The Morgan fingerprint density at radius 2 is 2.40 bits per heavy atom. The van der Waals surface area contributed by atoms with Crippen molar-refractivity contribution in [2.45, 2.75) is 32.3 Å². The van der Waals surface area contributed by atoms with Gasteiger partial charge in [-0.3, -0.25) is 0 Å². The molecule has 1 N–H and O–H groups in total. The largest absolute Gasteiger partial charge is 0.382 e. The average Bonchev–Trinajstić information content (AvgIpc) is 1.88. The fourth-order valence-corrected chi connectivity index (χ4v) is 1.20. The van der Waals surface area contributed by atoms with Crippen LogP contribution in [-0.2, 0) is 0 Å². The van der Waals surface area contributed by atoms with Gasteiger partial charge in [0.15, 0.2) is 0 Å². The average molecular weight is 138 g/mol. The molecule has 1 atom stereocenters. The monoisotopic (exact) mass is 138 g/mol. The summed E-state index contributed by atoms with van der Waals surface area (Å²) in [5.41, 5.74) is 0.606. The molecule has 0 saturated carbocycles. The summed E-state index contributed by atoms with van der Waals surface area (Å²) in [7, 11) is 0. The predicted molar refractivity (Wildman–Crippen MR) is 42.8 cm³/mol. The van der Waals surface area contributed by atoms with Crippen molar-refractivity contribution in [1.29, 1.82) is 0 Å². The summed E-state index contributed by atoms with van der Waals surface area (Å²) in [5, 5.41) is 9.69. The van der Waals surface area contributed by atoms with E-state index in [1.54, 1.807) is 0 Å². The smallest absolute Gasteiger partial charge is 0.101 e. The minimum atomic E-state index is -0.650. The van der Waals surface area contributed by atoms with Crippen molar-refractivity contribution in [3.63, 3.8) is 0 Å². The van der Waals surface area contributed by atoms with Gasteiger partial charge in [-0.1, -0.05) is 30.7 Å². The summed E-state index contributed by atoms with van der Waals surface area (Å²) >= 11 is 0. The van der Waals surface area contributed by atoms with Gasteiger partial charge in [0.1, 0.15) is 5.60 Å². The van der Waals surface area contributed by atoms with Gasteiger partial charge in [0.05, 0.1) is 0 Å². The zero-order chi connectivity index (χ0) is 7.61. The van der Waals surface area contributed by atoms with Crippen LogP contribution in [0.25, 0.3) is 0 Å². The highest BCUT2D eigenvalue weighted by Crippen LogP contribution is 2.22. The van der Waals surface area contributed by atoms with Crippen molar-refractivity contribution in [2.75, 3.05) is 0 Å². The third-order valence-electron chi connectivity index (χ3n) is 1.91. The Bertz CT molecular complexity index is 179. The van der Waals surface area contributed by atoms with Crippen LogP contribution in [0.5, 0.6) is 0 Å². The first-order chi connectivity index (χ1) is 4.66. The molecule has 10 heavy (non-hydrogen) atoms. The lowest BCUT2D eigenvalue weighted by Gasteiger charge is -2.22. The highest BCUT2D eigenvalue weighted by atomic mass is 16.3. The number of allylic oxidation sites excluding steroid dienone is 2. The van der Waals surface area contributed by atoms with Crippen molar-refractivity contribution in [1.82, 2.24) is 0 Å². The van der Waals surface area contributed by atoms with Crippen LogP contribution in [0.15, 0.2) is 23.8 Å². The van der Waals surface area contributed by atoms with Gasteiger partial charge in [-0.15, -0.1) is 0 Å². The molecule has 0 spiro atoms. The Morgan fingerprint density at radius 1 is 1.70 bits per heavy atom. The summed E-state index contributed by atoms with van der Waals surface area (Å²) < 4.78 is 0. The lowest BCUT2D eigenvalue weighted by atomic mass is 9.92. The fraction of sp³-hybridized carbons (Fsp3) is 0.556. The molecule has 1 nitrogen and oxygen atoms in total. The molecular formula is C9H14O. The van der Waals surface area contributed by atoms with Crippen molar-refractivity contribution in [2.24, 2.45) is 0 Å². The van der Waals surface area contributed by atoms with Crippen LogP contribution in [0.3, 0.4) is 0 Å². The van der Waals surface area contributed by atoms with Crippen LogP contribution in [0.4, 0.5) is 0 Å². The lowest BCUT2D eigenvalue weighted by Crippen LogP contribution is -2.23. The Hall–Kier alpha value is -0.560. The Kier molecular flexibility index (Phi) is 1.95. The molecule has 0 heterocycles. The van der Waals surface area contributed by atoms with E-state index in [2.05, 4.69) is 0 Å². The molecule has 1 rings (SSSR count). The fourth-order valence-electron chi connectivity index (χ4n) is 1.20. The first kappa shape index (κ1) is 7.55. The maximum Gasteiger partial charge on any atom is 0.101 e. The molecule has 0 saturated heterocycles. The van der Waals surface area contributed by atoms with E-state index in [4.69, 9.17) is 0 Å². The molecule has 1 unspecified atom stereocenters. The molecule has 0 aromatic heterocycles. The minimum Gasteiger partial charge on any atom is -0.382 e. The first-order valence-electron chi connectivity index (χ1n) is 3.75. The van der Waals surface area contributed by atoms with E-state index in [-0.39, 0.29) is 0 Å². The third kappa shape index (κ3) is 1.48. The van der Waals surface area contributed by atoms with Crippen molar-refractivity contribution in [3.8, 4) is 0 Å². The van der Waals surface area contributed by atoms with E-state index < -0.39 is 5.60 Å². The Morgan fingerprint density at radius 3 is 2.80 bits per heavy atom. The summed E-state index contributed by atoms with van der Waals surface area (Å²) in [6.07, 6.45) is 7.59. The van der Waals surface area contributed by atoms with E-state index >= 15 is 0 Å². The maximum absolute atomic E-state index is 9.69. The molecule has 0 bridgehead atoms. The molecule has 1 aliphatic rings. The van der Waals surface area contributed by atoms with Gasteiger partial charge < -0.3 is 5.11 Å². The van der Waals surface area contributed by atoms with E-state index in [9.17, 15) is 5.11 Å². The van der Waals surface area contributed by atoms with Gasteiger partial charge in [0, 0.05) is 0 Å². The molecular weight excluding hydrogens is 124 g/mol. The van der Waals surface area contributed by atoms with Crippen molar-refractivity contribution in [3.05, 3.63) is 23.8 Å². The second-order valence-electron chi connectivity index (χ2n) is 2.94. The Labute approximate surface area is 62.1 Å². The Balaban J connectivity index is 2.78. The minimum absolute atomic E-state index is 0.650. The van der Waals surface area contributed by atoms with Gasteiger partial charge in [-0.2, -0.15) is 0 Å². The van der Waals surface area contributed by atoms with Crippen LogP contribution in [-0.4, -0.2) is 10.7 Å². The molecule has 0 aliphatic heterocycles. The molecule has 1 heteroatoms. The molecule has 1 aliphatic carbocycles. The highest BCUT2D eigenvalue weighted by Gasteiger charge is 2.19. The maximum atomic E-state index is 9.69. The zero-order valence-corrected chi connectivity index (χ0v) is 6.59.